The summed E-state index contributed by atoms with van der Waals surface area (Å²) in [6, 6.07) is 10.1. The Morgan fingerprint density at radius 3 is 2.66 bits per heavy atom. The van der Waals surface area contributed by atoms with Crippen molar-refractivity contribution in [3.63, 3.8) is 0 Å². The van der Waals surface area contributed by atoms with E-state index in [2.05, 4.69) is 10.5 Å². The summed E-state index contributed by atoms with van der Waals surface area (Å²) in [6.45, 7) is 3.20. The van der Waals surface area contributed by atoms with Crippen molar-refractivity contribution in [1.29, 1.82) is 0 Å². The molecule has 154 valence electrons. The highest BCUT2D eigenvalue weighted by molar-refractivity contribution is 6.31. The number of carbonyl (C=O) groups excluding carboxylic acids is 2. The molecular formula is C20H22ClN3O5. The molecule has 2 aromatic rings. The number of hydrogen-bond donors (Lipinski definition) is 2. The highest BCUT2D eigenvalue weighted by Gasteiger charge is 2.14. The molecule has 2 amide bonds. The van der Waals surface area contributed by atoms with Crippen molar-refractivity contribution in [1.82, 2.24) is 5.43 Å². The van der Waals surface area contributed by atoms with Crippen LogP contribution in [0.25, 0.3) is 0 Å². The highest BCUT2D eigenvalue weighted by atomic mass is 35.5. The minimum Gasteiger partial charge on any atom is -0.493 e. The average molecular weight is 420 g/mol. The van der Waals surface area contributed by atoms with Gasteiger partial charge in [0.15, 0.2) is 24.2 Å². The summed E-state index contributed by atoms with van der Waals surface area (Å²) in [5.74, 6) is 0.298. The Bertz CT molecular complexity index is 917. The topological polar surface area (TPSA) is 112 Å². The van der Waals surface area contributed by atoms with E-state index in [1.165, 1.54) is 13.3 Å². The van der Waals surface area contributed by atoms with Crippen LogP contribution in [0.3, 0.4) is 0 Å². The van der Waals surface area contributed by atoms with Crippen LogP contribution in [0.4, 0.5) is 0 Å². The summed E-state index contributed by atoms with van der Waals surface area (Å²) in [5.41, 5.74) is 8.98. The van der Waals surface area contributed by atoms with Crippen LogP contribution in [0.1, 0.15) is 18.1 Å². The van der Waals surface area contributed by atoms with Crippen LogP contribution in [0, 0.1) is 6.92 Å². The standard InChI is InChI=1S/C20H22ClN3O5/c1-12-8-15(5-6-16(12)21)29-13(2)20(26)24-23-10-14-4-7-17(18(9-14)27-3)28-11-19(22)25/h4-10,13H,11H2,1-3H3,(H2,22,25)(H,24,26)/b23-10-/t13-/m1/s1. The van der Waals surface area contributed by atoms with Crippen LogP contribution in [0.5, 0.6) is 17.2 Å². The molecule has 0 spiro atoms. The zero-order valence-corrected chi connectivity index (χ0v) is 17.0. The maximum atomic E-state index is 12.2. The largest absolute Gasteiger partial charge is 0.493 e. The minimum absolute atomic E-state index is 0.259. The quantitative estimate of drug-likeness (QED) is 0.479. The molecule has 2 rings (SSSR count). The number of hydrazone groups is 1. The number of ether oxygens (including phenoxy) is 3. The fraction of sp³-hybridized carbons (Fsp3) is 0.250. The first kappa shape index (κ1) is 22.0. The molecule has 0 radical (unpaired) electrons. The third-order valence-electron chi connectivity index (χ3n) is 3.76. The summed E-state index contributed by atoms with van der Waals surface area (Å²) in [6.07, 6.45) is 0.684. The predicted octanol–water partition coefficient (Wildman–Crippen LogP) is 2.44. The lowest BCUT2D eigenvalue weighted by Gasteiger charge is -2.13. The first-order valence-electron chi connectivity index (χ1n) is 8.65. The smallest absolute Gasteiger partial charge is 0.280 e. The Hall–Kier alpha value is -3.26. The second kappa shape index (κ2) is 10.3. The van der Waals surface area contributed by atoms with Crippen LogP contribution in [-0.4, -0.2) is 37.8 Å². The molecule has 29 heavy (non-hydrogen) atoms. The second-order valence-corrected chi connectivity index (χ2v) is 6.48. The van der Waals surface area contributed by atoms with Crippen molar-refractivity contribution in [2.24, 2.45) is 10.8 Å². The molecule has 8 nitrogen and oxygen atoms in total. The van der Waals surface area contributed by atoms with Gasteiger partial charge >= 0.3 is 0 Å². The lowest BCUT2D eigenvalue weighted by atomic mass is 10.2. The number of halogens is 1. The van der Waals surface area contributed by atoms with Gasteiger partial charge in [0.25, 0.3) is 11.8 Å². The Kier molecular flexibility index (Phi) is 7.85. The van der Waals surface area contributed by atoms with Gasteiger partial charge in [-0.1, -0.05) is 11.6 Å². The van der Waals surface area contributed by atoms with Crippen molar-refractivity contribution in [3.05, 3.63) is 52.5 Å². The SMILES string of the molecule is COc1cc(/C=N\NC(=O)[C@@H](C)Oc2ccc(Cl)c(C)c2)ccc1OCC(N)=O. The number of primary amides is 1. The highest BCUT2D eigenvalue weighted by Crippen LogP contribution is 2.27. The van der Waals surface area contributed by atoms with E-state index >= 15 is 0 Å². The van der Waals surface area contributed by atoms with Gasteiger partial charge in [-0.05, 0) is 61.4 Å². The number of nitrogens with zero attached hydrogens (tertiary/aromatic N) is 1. The minimum atomic E-state index is -0.758. The Morgan fingerprint density at radius 1 is 1.24 bits per heavy atom. The Balaban J connectivity index is 1.94. The van der Waals surface area contributed by atoms with Gasteiger partial charge < -0.3 is 19.9 Å². The monoisotopic (exact) mass is 419 g/mol. The molecule has 0 heterocycles. The predicted molar refractivity (Wildman–Crippen MR) is 110 cm³/mol. The summed E-state index contributed by atoms with van der Waals surface area (Å²) in [4.78, 5) is 23.0. The van der Waals surface area contributed by atoms with Gasteiger partial charge in [0, 0.05) is 5.02 Å². The number of benzene rings is 2. The number of methoxy groups -OCH3 is 1. The molecular weight excluding hydrogens is 398 g/mol. The van der Waals surface area contributed by atoms with Crippen LogP contribution >= 0.6 is 11.6 Å². The van der Waals surface area contributed by atoms with Crippen molar-refractivity contribution in [2.75, 3.05) is 13.7 Å². The molecule has 0 aliphatic rings. The molecule has 3 N–H and O–H groups in total. The first-order chi connectivity index (χ1) is 13.8. The third-order valence-corrected chi connectivity index (χ3v) is 4.18. The lowest BCUT2D eigenvalue weighted by molar-refractivity contribution is -0.127. The molecule has 9 heteroatoms. The molecule has 0 fully saturated rings. The van der Waals surface area contributed by atoms with Gasteiger partial charge in [-0.3, -0.25) is 9.59 Å². The van der Waals surface area contributed by atoms with Gasteiger partial charge in [-0.15, -0.1) is 0 Å². The molecule has 0 aromatic heterocycles. The number of carbonyl (C=O) groups is 2. The Morgan fingerprint density at radius 2 is 2.00 bits per heavy atom. The lowest BCUT2D eigenvalue weighted by Crippen LogP contribution is -2.33. The maximum absolute atomic E-state index is 12.2. The molecule has 0 bridgehead atoms. The van der Waals surface area contributed by atoms with Crippen LogP contribution in [-0.2, 0) is 9.59 Å². The van der Waals surface area contributed by atoms with E-state index in [-0.39, 0.29) is 6.61 Å². The van der Waals surface area contributed by atoms with Gasteiger partial charge in [-0.2, -0.15) is 5.10 Å². The number of nitrogens with one attached hydrogen (secondary N) is 1. The van der Waals surface area contributed by atoms with E-state index in [4.69, 9.17) is 31.5 Å². The zero-order chi connectivity index (χ0) is 21.4. The molecule has 0 saturated heterocycles. The van der Waals surface area contributed by atoms with Crippen molar-refractivity contribution < 1.29 is 23.8 Å². The van der Waals surface area contributed by atoms with Crippen LogP contribution in [0.2, 0.25) is 5.02 Å². The van der Waals surface area contributed by atoms with E-state index in [1.807, 2.05) is 6.92 Å². The van der Waals surface area contributed by atoms with E-state index in [1.54, 1.807) is 43.3 Å². The van der Waals surface area contributed by atoms with Crippen LogP contribution < -0.4 is 25.4 Å². The van der Waals surface area contributed by atoms with Gasteiger partial charge in [0.05, 0.1) is 13.3 Å². The summed E-state index contributed by atoms with van der Waals surface area (Å²) in [7, 11) is 1.46. The van der Waals surface area contributed by atoms with Gasteiger partial charge in [0.1, 0.15) is 5.75 Å². The van der Waals surface area contributed by atoms with Crippen molar-refractivity contribution in [2.45, 2.75) is 20.0 Å². The van der Waals surface area contributed by atoms with E-state index < -0.39 is 17.9 Å². The fourth-order valence-corrected chi connectivity index (χ4v) is 2.36. The number of hydrogen-bond acceptors (Lipinski definition) is 6. The number of amides is 2. The summed E-state index contributed by atoms with van der Waals surface area (Å²) < 4.78 is 16.1. The summed E-state index contributed by atoms with van der Waals surface area (Å²) in [5, 5.41) is 4.54. The number of aryl methyl sites for hydroxylation is 1. The zero-order valence-electron chi connectivity index (χ0n) is 16.3. The molecule has 0 aliphatic carbocycles. The molecule has 0 unspecified atom stereocenters. The van der Waals surface area contributed by atoms with Crippen molar-refractivity contribution in [3.8, 4) is 17.2 Å². The number of rotatable bonds is 9. The van der Waals surface area contributed by atoms with Crippen LogP contribution in [0.15, 0.2) is 41.5 Å². The number of nitrogens with two attached hydrogens (primary N) is 1. The molecule has 0 saturated carbocycles. The second-order valence-electron chi connectivity index (χ2n) is 6.07. The van der Waals surface area contributed by atoms with Crippen molar-refractivity contribution >= 4 is 29.6 Å². The average Bonchev–Trinajstić information content (AvgIpc) is 2.69. The summed E-state index contributed by atoms with van der Waals surface area (Å²) >= 11 is 5.98. The third kappa shape index (κ3) is 6.69. The molecule has 1 atom stereocenters. The Labute approximate surface area is 173 Å². The van der Waals surface area contributed by atoms with Gasteiger partial charge in [-0.25, -0.2) is 5.43 Å². The van der Waals surface area contributed by atoms with Gasteiger partial charge in [0.2, 0.25) is 0 Å². The van der Waals surface area contributed by atoms with E-state index in [0.29, 0.717) is 27.8 Å². The fourth-order valence-electron chi connectivity index (χ4n) is 2.24. The molecule has 2 aromatic carbocycles. The normalized spacial score (nSPS) is 11.7. The van der Waals surface area contributed by atoms with E-state index in [0.717, 1.165) is 5.56 Å². The molecule has 0 aliphatic heterocycles. The first-order valence-corrected chi connectivity index (χ1v) is 9.02. The maximum Gasteiger partial charge on any atom is 0.280 e. The van der Waals surface area contributed by atoms with E-state index in [9.17, 15) is 9.59 Å².